The molecule has 2 rings (SSSR count). The van der Waals surface area contributed by atoms with Crippen LogP contribution in [0, 0.1) is 16.0 Å². The van der Waals surface area contributed by atoms with Gasteiger partial charge < -0.3 is 15.4 Å². The average Bonchev–Trinajstić information content (AvgIpc) is 2.54. The molecule has 0 saturated carbocycles. The van der Waals surface area contributed by atoms with Crippen LogP contribution >= 0.6 is 0 Å². The van der Waals surface area contributed by atoms with E-state index in [0.717, 1.165) is 12.8 Å². The number of hydrogen-bond acceptors (Lipinski definition) is 5. The second-order valence-electron chi connectivity index (χ2n) is 5.89. The smallest absolute Gasteiger partial charge is 0.311 e. The fourth-order valence-electron chi connectivity index (χ4n) is 2.88. The van der Waals surface area contributed by atoms with Crippen molar-refractivity contribution in [2.75, 3.05) is 19.7 Å². The topological polar surface area (TPSA) is 98.7 Å². The molecule has 1 fully saturated rings. The molecule has 1 aromatic carbocycles. The Morgan fingerprint density at radius 2 is 2.30 bits per heavy atom. The van der Waals surface area contributed by atoms with Gasteiger partial charge in [0.15, 0.2) is 5.75 Å². The Kier molecular flexibility index (Phi) is 5.54. The molecular weight excluding hydrogens is 298 g/mol. The molecule has 0 radical (unpaired) electrons. The molecule has 7 heteroatoms. The van der Waals surface area contributed by atoms with Gasteiger partial charge in [0.05, 0.1) is 11.5 Å². The minimum atomic E-state index is -0.525. The standard InChI is InChI=1S/C16H23N3O4/c1-3-23-15-7-6-12(9-14(15)19(21)22)16(20)18-8-4-5-13(10-18)11(2)17/h6-7,9,11,13H,3-5,8,10,17H2,1-2H3. The van der Waals surface area contributed by atoms with Crippen LogP contribution in [0.1, 0.15) is 37.0 Å². The Morgan fingerprint density at radius 3 is 2.91 bits per heavy atom. The molecule has 1 heterocycles. The van der Waals surface area contributed by atoms with Crippen LogP contribution in [0.2, 0.25) is 0 Å². The number of nitro benzene ring substituents is 1. The number of likely N-dealkylation sites (tertiary alicyclic amines) is 1. The minimum absolute atomic E-state index is 0.0280. The van der Waals surface area contributed by atoms with E-state index in [2.05, 4.69) is 0 Å². The molecule has 126 valence electrons. The summed E-state index contributed by atoms with van der Waals surface area (Å²) in [5.74, 6) is 0.257. The largest absolute Gasteiger partial charge is 0.487 e. The summed E-state index contributed by atoms with van der Waals surface area (Å²) in [6.45, 7) is 5.28. The summed E-state index contributed by atoms with van der Waals surface area (Å²) in [6.07, 6.45) is 1.90. The number of nitrogens with two attached hydrogens (primary N) is 1. The zero-order valence-electron chi connectivity index (χ0n) is 13.5. The molecule has 2 atom stereocenters. The lowest BCUT2D eigenvalue weighted by Crippen LogP contribution is -2.45. The first-order valence-electron chi connectivity index (χ1n) is 7.90. The summed E-state index contributed by atoms with van der Waals surface area (Å²) < 4.78 is 5.24. The van der Waals surface area contributed by atoms with Crippen molar-refractivity contribution in [3.05, 3.63) is 33.9 Å². The van der Waals surface area contributed by atoms with Crippen LogP contribution in [0.5, 0.6) is 5.75 Å². The molecule has 7 nitrogen and oxygen atoms in total. The molecular formula is C16H23N3O4. The SMILES string of the molecule is CCOc1ccc(C(=O)N2CCCC(C(C)N)C2)cc1[N+](=O)[O-]. The fourth-order valence-corrected chi connectivity index (χ4v) is 2.88. The molecule has 23 heavy (non-hydrogen) atoms. The van der Waals surface area contributed by atoms with Crippen molar-refractivity contribution >= 4 is 11.6 Å². The van der Waals surface area contributed by atoms with Crippen LogP contribution in [0.25, 0.3) is 0 Å². The van der Waals surface area contributed by atoms with Crippen LogP contribution in [0.15, 0.2) is 18.2 Å². The molecule has 1 saturated heterocycles. The van der Waals surface area contributed by atoms with Gasteiger partial charge in [0.1, 0.15) is 0 Å². The lowest BCUT2D eigenvalue weighted by molar-refractivity contribution is -0.385. The van der Waals surface area contributed by atoms with Gasteiger partial charge in [0.25, 0.3) is 5.91 Å². The van der Waals surface area contributed by atoms with E-state index in [-0.39, 0.29) is 29.3 Å². The van der Waals surface area contributed by atoms with Gasteiger partial charge in [-0.1, -0.05) is 0 Å². The highest BCUT2D eigenvalue weighted by Crippen LogP contribution is 2.29. The quantitative estimate of drug-likeness (QED) is 0.662. The van der Waals surface area contributed by atoms with Crippen molar-refractivity contribution < 1.29 is 14.5 Å². The zero-order chi connectivity index (χ0) is 17.0. The molecule has 1 aromatic rings. The predicted octanol–water partition coefficient (Wildman–Crippen LogP) is 2.19. The van der Waals surface area contributed by atoms with E-state index >= 15 is 0 Å². The number of amides is 1. The summed E-state index contributed by atoms with van der Waals surface area (Å²) in [5.41, 5.74) is 6.07. The third-order valence-corrected chi connectivity index (χ3v) is 4.19. The van der Waals surface area contributed by atoms with Crippen LogP contribution < -0.4 is 10.5 Å². The maximum atomic E-state index is 12.6. The van der Waals surface area contributed by atoms with Crippen LogP contribution in [-0.2, 0) is 0 Å². The summed E-state index contributed by atoms with van der Waals surface area (Å²) in [7, 11) is 0. The van der Waals surface area contributed by atoms with Gasteiger partial charge in [-0.3, -0.25) is 14.9 Å². The van der Waals surface area contributed by atoms with E-state index in [0.29, 0.717) is 25.3 Å². The maximum absolute atomic E-state index is 12.6. The fraction of sp³-hybridized carbons (Fsp3) is 0.562. The van der Waals surface area contributed by atoms with Gasteiger partial charge in [-0.25, -0.2) is 0 Å². The van der Waals surface area contributed by atoms with Gasteiger partial charge >= 0.3 is 5.69 Å². The molecule has 0 aromatic heterocycles. The van der Waals surface area contributed by atoms with Gasteiger partial charge in [-0.05, 0) is 44.7 Å². The van der Waals surface area contributed by atoms with Crippen molar-refractivity contribution in [3.63, 3.8) is 0 Å². The second-order valence-corrected chi connectivity index (χ2v) is 5.89. The lowest BCUT2D eigenvalue weighted by Gasteiger charge is -2.34. The highest BCUT2D eigenvalue weighted by Gasteiger charge is 2.28. The second kappa shape index (κ2) is 7.41. The van der Waals surface area contributed by atoms with Crippen molar-refractivity contribution in [1.29, 1.82) is 0 Å². The first kappa shape index (κ1) is 17.2. The van der Waals surface area contributed by atoms with Crippen LogP contribution in [0.3, 0.4) is 0 Å². The van der Waals surface area contributed by atoms with E-state index in [9.17, 15) is 14.9 Å². The van der Waals surface area contributed by atoms with E-state index in [1.807, 2.05) is 6.92 Å². The number of ether oxygens (including phenoxy) is 1. The van der Waals surface area contributed by atoms with Gasteiger partial charge in [0.2, 0.25) is 0 Å². The Hall–Kier alpha value is -2.15. The van der Waals surface area contributed by atoms with Gasteiger partial charge in [-0.15, -0.1) is 0 Å². The van der Waals surface area contributed by atoms with Crippen molar-refractivity contribution in [3.8, 4) is 5.75 Å². The molecule has 0 spiro atoms. The monoisotopic (exact) mass is 321 g/mol. The number of hydrogen-bond donors (Lipinski definition) is 1. The first-order chi connectivity index (χ1) is 10.9. The molecule has 2 N–H and O–H groups in total. The highest BCUT2D eigenvalue weighted by molar-refractivity contribution is 5.95. The zero-order valence-corrected chi connectivity index (χ0v) is 13.5. The Labute approximate surface area is 135 Å². The first-order valence-corrected chi connectivity index (χ1v) is 7.90. The van der Waals surface area contributed by atoms with E-state index < -0.39 is 4.92 Å². The average molecular weight is 321 g/mol. The number of rotatable bonds is 5. The number of benzene rings is 1. The van der Waals surface area contributed by atoms with E-state index in [1.54, 1.807) is 17.9 Å². The molecule has 0 aliphatic carbocycles. The molecule has 1 aliphatic heterocycles. The maximum Gasteiger partial charge on any atom is 0.311 e. The van der Waals surface area contributed by atoms with Gasteiger partial charge in [-0.2, -0.15) is 0 Å². The highest BCUT2D eigenvalue weighted by atomic mass is 16.6. The number of carbonyl (C=O) groups is 1. The number of piperidine rings is 1. The summed E-state index contributed by atoms with van der Waals surface area (Å²) in [4.78, 5) is 25.0. The Morgan fingerprint density at radius 1 is 1.57 bits per heavy atom. The van der Waals surface area contributed by atoms with Gasteiger partial charge in [0, 0.05) is 30.8 Å². The normalized spacial score (nSPS) is 19.3. The van der Waals surface area contributed by atoms with E-state index in [4.69, 9.17) is 10.5 Å². The van der Waals surface area contributed by atoms with Crippen molar-refractivity contribution in [1.82, 2.24) is 4.90 Å². The number of nitro groups is 1. The van der Waals surface area contributed by atoms with Crippen molar-refractivity contribution in [2.24, 2.45) is 11.7 Å². The lowest BCUT2D eigenvalue weighted by atomic mass is 9.92. The molecule has 0 bridgehead atoms. The van der Waals surface area contributed by atoms with Crippen molar-refractivity contribution in [2.45, 2.75) is 32.7 Å². The van der Waals surface area contributed by atoms with Crippen LogP contribution in [0.4, 0.5) is 5.69 Å². The summed E-state index contributed by atoms with van der Waals surface area (Å²) >= 11 is 0. The van der Waals surface area contributed by atoms with Crippen LogP contribution in [-0.4, -0.2) is 41.5 Å². The molecule has 2 unspecified atom stereocenters. The number of carbonyl (C=O) groups excluding carboxylic acids is 1. The van der Waals surface area contributed by atoms with E-state index in [1.165, 1.54) is 12.1 Å². The number of nitrogens with zero attached hydrogens (tertiary/aromatic N) is 2. The Bertz CT molecular complexity index is 589. The predicted molar refractivity (Wildman–Crippen MR) is 86.5 cm³/mol. The minimum Gasteiger partial charge on any atom is -0.487 e. The third-order valence-electron chi connectivity index (χ3n) is 4.19. The molecule has 1 aliphatic rings. The Balaban J connectivity index is 2.22. The third kappa shape index (κ3) is 3.98. The summed E-state index contributed by atoms with van der Waals surface area (Å²) in [6, 6.07) is 4.39. The summed E-state index contributed by atoms with van der Waals surface area (Å²) in [5, 5.41) is 11.2. The molecule has 1 amide bonds.